The molecule has 0 radical (unpaired) electrons. The number of hydrogen-bond acceptors (Lipinski definition) is 4. The first-order valence-corrected chi connectivity index (χ1v) is 9.31. The predicted octanol–water partition coefficient (Wildman–Crippen LogP) is 1.19. The molecular weight excluding hydrogens is 314 g/mol. The number of rotatable bonds is 2. The van der Waals surface area contributed by atoms with Gasteiger partial charge >= 0.3 is 0 Å². The number of amides is 1. The van der Waals surface area contributed by atoms with Gasteiger partial charge in [0.1, 0.15) is 0 Å². The summed E-state index contributed by atoms with van der Waals surface area (Å²) in [7, 11) is -3.00. The van der Waals surface area contributed by atoms with Crippen LogP contribution in [-0.4, -0.2) is 52.6 Å². The Hall–Kier alpha value is -2.15. The molecule has 4 rings (SSSR count). The van der Waals surface area contributed by atoms with Gasteiger partial charge in [-0.05, 0) is 25.5 Å². The number of sulfone groups is 1. The number of benzene rings is 1. The van der Waals surface area contributed by atoms with E-state index in [1.165, 1.54) is 0 Å². The quantitative estimate of drug-likeness (QED) is 0.829. The molecule has 23 heavy (non-hydrogen) atoms. The van der Waals surface area contributed by atoms with Gasteiger partial charge in [-0.25, -0.2) is 13.1 Å². The summed E-state index contributed by atoms with van der Waals surface area (Å²) in [4.78, 5) is 14.5. The zero-order valence-electron chi connectivity index (χ0n) is 12.7. The second-order valence-electron chi connectivity index (χ2n) is 6.19. The predicted molar refractivity (Wildman–Crippen MR) is 85.3 cm³/mol. The van der Waals surface area contributed by atoms with Crippen molar-refractivity contribution in [2.24, 2.45) is 0 Å². The molecule has 0 spiro atoms. The van der Waals surface area contributed by atoms with E-state index in [1.54, 1.807) is 15.8 Å². The van der Waals surface area contributed by atoms with Crippen LogP contribution in [0.25, 0.3) is 5.69 Å². The van der Waals surface area contributed by atoms with Gasteiger partial charge in [-0.3, -0.25) is 4.79 Å². The van der Waals surface area contributed by atoms with Crippen LogP contribution in [0.4, 0.5) is 0 Å². The Morgan fingerprint density at radius 2 is 2.00 bits per heavy atom. The molecule has 2 fully saturated rings. The second kappa shape index (κ2) is 4.92. The van der Waals surface area contributed by atoms with Crippen molar-refractivity contribution >= 4 is 15.7 Å². The third-order valence-corrected chi connectivity index (χ3v) is 7.02. The van der Waals surface area contributed by atoms with Gasteiger partial charge in [0, 0.05) is 12.6 Å². The molecule has 1 amide bonds. The van der Waals surface area contributed by atoms with Crippen LogP contribution in [0.1, 0.15) is 22.5 Å². The molecule has 2 saturated heterocycles. The summed E-state index contributed by atoms with van der Waals surface area (Å²) in [5.74, 6) is -0.0259. The van der Waals surface area contributed by atoms with Gasteiger partial charge in [0.15, 0.2) is 9.84 Å². The van der Waals surface area contributed by atoms with Crippen molar-refractivity contribution in [2.75, 3.05) is 12.3 Å². The lowest BCUT2D eigenvalue weighted by atomic mass is 10.2. The number of hydrogen-bond donors (Lipinski definition) is 0. The average Bonchev–Trinajstić information content (AvgIpc) is 3.19. The number of carbonyl (C=O) groups is 1. The maximum Gasteiger partial charge on any atom is 0.257 e. The Bertz CT molecular complexity index is 873. The SMILES string of the molecule is Cc1c(C(=O)N2CC3CC2CS3(=O)=O)cnn1-c1ccccc1. The van der Waals surface area contributed by atoms with Crippen LogP contribution in [0.5, 0.6) is 0 Å². The first kappa shape index (κ1) is 14.4. The Morgan fingerprint density at radius 1 is 1.26 bits per heavy atom. The Kier molecular flexibility index (Phi) is 3.09. The Labute approximate surface area is 134 Å². The highest BCUT2D eigenvalue weighted by molar-refractivity contribution is 7.92. The largest absolute Gasteiger partial charge is 0.333 e. The van der Waals surface area contributed by atoms with E-state index in [4.69, 9.17) is 0 Å². The molecule has 3 heterocycles. The molecular formula is C16H17N3O3S. The van der Waals surface area contributed by atoms with Gasteiger partial charge in [-0.2, -0.15) is 5.10 Å². The smallest absolute Gasteiger partial charge is 0.257 e. The minimum atomic E-state index is -3.00. The van der Waals surface area contributed by atoms with Crippen molar-refractivity contribution < 1.29 is 13.2 Å². The molecule has 2 aromatic rings. The van der Waals surface area contributed by atoms with E-state index in [-0.39, 0.29) is 23.0 Å². The summed E-state index contributed by atoms with van der Waals surface area (Å²) in [6.45, 7) is 2.17. The third kappa shape index (κ3) is 2.18. The fraction of sp³-hybridized carbons (Fsp3) is 0.375. The monoisotopic (exact) mass is 331 g/mol. The van der Waals surface area contributed by atoms with Gasteiger partial charge in [-0.1, -0.05) is 18.2 Å². The number of carbonyl (C=O) groups excluding carboxylic acids is 1. The van der Waals surface area contributed by atoms with E-state index in [2.05, 4.69) is 5.10 Å². The standard InChI is InChI=1S/C16H17N3O3S/c1-11-15(8-17-19(11)12-5-3-2-4-6-12)16(20)18-9-14-7-13(18)10-23(14,21)22/h2-6,8,13-14H,7,9-10H2,1H3. The van der Waals surface area contributed by atoms with E-state index in [0.717, 1.165) is 11.4 Å². The number of likely N-dealkylation sites (tertiary alicyclic amines) is 1. The normalized spacial score (nSPS) is 25.0. The van der Waals surface area contributed by atoms with Crippen LogP contribution in [0.15, 0.2) is 36.5 Å². The summed E-state index contributed by atoms with van der Waals surface area (Å²) in [6.07, 6.45) is 2.14. The first-order valence-electron chi connectivity index (χ1n) is 7.60. The van der Waals surface area contributed by atoms with Crippen LogP contribution in [0.2, 0.25) is 0 Å². The fourth-order valence-electron chi connectivity index (χ4n) is 3.55. The molecule has 0 aliphatic carbocycles. The first-order chi connectivity index (χ1) is 11.0. The van der Waals surface area contributed by atoms with Crippen molar-refractivity contribution in [1.82, 2.24) is 14.7 Å². The summed E-state index contributed by atoms with van der Waals surface area (Å²) in [6, 6.07) is 9.44. The second-order valence-corrected chi connectivity index (χ2v) is 8.52. The number of para-hydroxylation sites is 1. The van der Waals surface area contributed by atoms with Crippen molar-refractivity contribution in [3.05, 3.63) is 47.8 Å². The van der Waals surface area contributed by atoms with Gasteiger partial charge in [-0.15, -0.1) is 0 Å². The van der Waals surface area contributed by atoms with Crippen LogP contribution >= 0.6 is 0 Å². The lowest BCUT2D eigenvalue weighted by molar-refractivity contribution is 0.0745. The van der Waals surface area contributed by atoms with Crippen LogP contribution < -0.4 is 0 Å². The molecule has 6 nitrogen and oxygen atoms in total. The lowest BCUT2D eigenvalue weighted by Crippen LogP contribution is -2.44. The Morgan fingerprint density at radius 3 is 2.61 bits per heavy atom. The topological polar surface area (TPSA) is 72.3 Å². The minimum Gasteiger partial charge on any atom is -0.333 e. The molecule has 120 valence electrons. The zero-order valence-corrected chi connectivity index (χ0v) is 13.5. The molecule has 2 atom stereocenters. The molecule has 0 N–H and O–H groups in total. The fourth-order valence-corrected chi connectivity index (χ4v) is 5.58. The van der Waals surface area contributed by atoms with E-state index in [9.17, 15) is 13.2 Å². The van der Waals surface area contributed by atoms with E-state index < -0.39 is 9.84 Å². The molecule has 2 bridgehead atoms. The van der Waals surface area contributed by atoms with Crippen molar-refractivity contribution in [3.63, 3.8) is 0 Å². The number of aromatic nitrogens is 2. The molecule has 2 unspecified atom stereocenters. The van der Waals surface area contributed by atoms with Crippen LogP contribution in [-0.2, 0) is 9.84 Å². The summed E-state index contributed by atoms with van der Waals surface area (Å²) < 4.78 is 25.4. The molecule has 1 aromatic heterocycles. The summed E-state index contributed by atoms with van der Waals surface area (Å²) in [5, 5.41) is 3.93. The van der Waals surface area contributed by atoms with Gasteiger partial charge in [0.25, 0.3) is 5.91 Å². The molecule has 2 aliphatic rings. The highest BCUT2D eigenvalue weighted by Gasteiger charge is 2.50. The maximum atomic E-state index is 12.8. The van der Waals surface area contributed by atoms with Crippen LogP contribution in [0, 0.1) is 6.92 Å². The number of nitrogens with zero attached hydrogens (tertiary/aromatic N) is 3. The number of fused-ring (bicyclic) bond motifs is 2. The maximum absolute atomic E-state index is 12.8. The van der Waals surface area contributed by atoms with Crippen LogP contribution in [0.3, 0.4) is 0 Å². The lowest BCUT2D eigenvalue weighted by Gasteiger charge is -2.26. The molecule has 0 saturated carbocycles. The summed E-state index contributed by atoms with van der Waals surface area (Å²) >= 11 is 0. The highest BCUT2D eigenvalue weighted by atomic mass is 32.2. The van der Waals surface area contributed by atoms with E-state index in [0.29, 0.717) is 18.5 Å². The third-order valence-electron chi connectivity index (χ3n) is 4.81. The average molecular weight is 331 g/mol. The highest BCUT2D eigenvalue weighted by Crippen LogP contribution is 2.34. The van der Waals surface area contributed by atoms with Crippen molar-refractivity contribution in [1.29, 1.82) is 0 Å². The van der Waals surface area contributed by atoms with E-state index >= 15 is 0 Å². The molecule has 1 aromatic carbocycles. The zero-order chi connectivity index (χ0) is 16.2. The molecule has 2 aliphatic heterocycles. The van der Waals surface area contributed by atoms with E-state index in [1.807, 2.05) is 37.3 Å². The summed E-state index contributed by atoms with van der Waals surface area (Å²) in [5.41, 5.74) is 2.21. The van der Waals surface area contributed by atoms with Gasteiger partial charge in [0.2, 0.25) is 0 Å². The minimum absolute atomic E-state index is 0.0925. The van der Waals surface area contributed by atoms with Crippen molar-refractivity contribution in [3.8, 4) is 5.69 Å². The van der Waals surface area contributed by atoms with Gasteiger partial charge in [0.05, 0.1) is 34.1 Å². The van der Waals surface area contributed by atoms with Crippen molar-refractivity contribution in [2.45, 2.75) is 24.6 Å². The Balaban J connectivity index is 1.63. The van der Waals surface area contributed by atoms with Gasteiger partial charge < -0.3 is 4.90 Å². The molecule has 7 heteroatoms.